The lowest BCUT2D eigenvalue weighted by molar-refractivity contribution is 0.243. The van der Waals surface area contributed by atoms with Crippen molar-refractivity contribution < 1.29 is 14.6 Å². The highest BCUT2D eigenvalue weighted by atomic mass is 35.5. The summed E-state index contributed by atoms with van der Waals surface area (Å²) in [4.78, 5) is 0. The van der Waals surface area contributed by atoms with Crippen molar-refractivity contribution in [2.24, 2.45) is 5.73 Å². The minimum absolute atomic E-state index is 0.0551. The lowest BCUT2D eigenvalue weighted by Crippen LogP contribution is -2.41. The standard InChI is InChI=1S/C13H18ClNO3/c1-17-9-6-8(13(7-15)4-3-5-13)11(16)10(14)12(9)18-2/h6,16H,3-5,7,15H2,1-2H3. The second kappa shape index (κ2) is 4.86. The molecule has 1 aromatic rings. The molecule has 100 valence electrons. The molecule has 18 heavy (non-hydrogen) atoms. The number of phenolic OH excluding ortho intramolecular Hbond substituents is 1. The maximum absolute atomic E-state index is 10.2. The lowest BCUT2D eigenvalue weighted by atomic mass is 9.64. The lowest BCUT2D eigenvalue weighted by Gasteiger charge is -2.42. The van der Waals surface area contributed by atoms with Crippen LogP contribution in [0.15, 0.2) is 6.07 Å². The van der Waals surface area contributed by atoms with E-state index in [0.29, 0.717) is 18.0 Å². The second-order valence-corrected chi connectivity index (χ2v) is 5.04. The third kappa shape index (κ3) is 1.80. The summed E-state index contributed by atoms with van der Waals surface area (Å²) < 4.78 is 10.4. The van der Waals surface area contributed by atoms with Crippen LogP contribution in [0.3, 0.4) is 0 Å². The fraction of sp³-hybridized carbons (Fsp3) is 0.538. The van der Waals surface area contributed by atoms with Crippen molar-refractivity contribution in [1.82, 2.24) is 0 Å². The minimum atomic E-state index is -0.173. The van der Waals surface area contributed by atoms with Crippen molar-refractivity contribution in [1.29, 1.82) is 0 Å². The Morgan fingerprint density at radius 1 is 1.39 bits per heavy atom. The summed E-state index contributed by atoms with van der Waals surface area (Å²) in [5, 5.41) is 10.4. The molecule has 4 nitrogen and oxygen atoms in total. The molecule has 0 atom stereocenters. The van der Waals surface area contributed by atoms with Gasteiger partial charge in [0.15, 0.2) is 11.5 Å². The number of nitrogens with two attached hydrogens (primary N) is 1. The molecule has 1 saturated carbocycles. The van der Waals surface area contributed by atoms with Crippen LogP contribution < -0.4 is 15.2 Å². The van der Waals surface area contributed by atoms with Crippen LogP contribution in [-0.4, -0.2) is 25.9 Å². The summed E-state index contributed by atoms with van der Waals surface area (Å²) in [6, 6.07) is 1.78. The molecule has 0 amide bonds. The number of benzene rings is 1. The van der Waals surface area contributed by atoms with Crippen molar-refractivity contribution in [3.8, 4) is 17.2 Å². The summed E-state index contributed by atoms with van der Waals surface area (Å²) in [6.07, 6.45) is 3.04. The third-order valence-electron chi connectivity index (χ3n) is 3.86. The van der Waals surface area contributed by atoms with Crippen LogP contribution in [0.1, 0.15) is 24.8 Å². The maximum atomic E-state index is 10.2. The van der Waals surface area contributed by atoms with Crippen molar-refractivity contribution in [2.75, 3.05) is 20.8 Å². The number of halogens is 1. The van der Waals surface area contributed by atoms with E-state index in [1.807, 2.05) is 0 Å². The Hall–Kier alpha value is -1.13. The normalized spacial score (nSPS) is 17.1. The predicted octanol–water partition coefficient (Wildman–Crippen LogP) is 2.44. The molecular weight excluding hydrogens is 254 g/mol. The Kier molecular flexibility index (Phi) is 3.59. The van der Waals surface area contributed by atoms with Crippen LogP contribution in [0.4, 0.5) is 0 Å². The first-order chi connectivity index (χ1) is 8.59. The quantitative estimate of drug-likeness (QED) is 0.883. The van der Waals surface area contributed by atoms with Gasteiger partial charge in [0.05, 0.1) is 14.2 Å². The molecule has 1 aromatic carbocycles. The monoisotopic (exact) mass is 271 g/mol. The van der Waals surface area contributed by atoms with E-state index in [1.165, 1.54) is 7.11 Å². The molecule has 0 bridgehead atoms. The van der Waals surface area contributed by atoms with E-state index < -0.39 is 0 Å². The summed E-state index contributed by atoms with van der Waals surface area (Å²) in [5.41, 5.74) is 6.45. The highest BCUT2D eigenvalue weighted by Crippen LogP contribution is 2.52. The number of aromatic hydroxyl groups is 1. The first-order valence-corrected chi connectivity index (χ1v) is 6.31. The van der Waals surface area contributed by atoms with E-state index in [4.69, 9.17) is 26.8 Å². The summed E-state index contributed by atoms with van der Waals surface area (Å²) in [7, 11) is 3.04. The molecule has 0 radical (unpaired) electrons. The van der Waals surface area contributed by atoms with E-state index in [1.54, 1.807) is 13.2 Å². The number of methoxy groups -OCH3 is 2. The molecular formula is C13H18ClNO3. The van der Waals surface area contributed by atoms with Crippen LogP contribution in [0.2, 0.25) is 5.02 Å². The Balaban J connectivity index is 2.58. The average molecular weight is 272 g/mol. The number of hydrogen-bond acceptors (Lipinski definition) is 4. The summed E-state index contributed by atoms with van der Waals surface area (Å²) in [6.45, 7) is 0.492. The zero-order chi connectivity index (χ0) is 13.3. The van der Waals surface area contributed by atoms with Gasteiger partial charge in [0.2, 0.25) is 0 Å². The molecule has 3 N–H and O–H groups in total. The fourth-order valence-electron chi connectivity index (χ4n) is 2.53. The Morgan fingerprint density at radius 2 is 2.06 bits per heavy atom. The molecule has 1 aliphatic rings. The summed E-state index contributed by atoms with van der Waals surface area (Å²) in [5.74, 6) is 0.932. The van der Waals surface area contributed by atoms with E-state index in [0.717, 1.165) is 24.8 Å². The van der Waals surface area contributed by atoms with Gasteiger partial charge in [-0.2, -0.15) is 0 Å². The molecule has 2 rings (SSSR count). The molecule has 5 heteroatoms. The van der Waals surface area contributed by atoms with Crippen molar-refractivity contribution in [3.63, 3.8) is 0 Å². The SMILES string of the molecule is COc1cc(C2(CN)CCC2)c(O)c(Cl)c1OC. The number of hydrogen-bond donors (Lipinski definition) is 2. The average Bonchev–Trinajstić information content (AvgIpc) is 2.33. The molecule has 0 aromatic heterocycles. The first-order valence-electron chi connectivity index (χ1n) is 5.93. The van der Waals surface area contributed by atoms with Gasteiger partial charge in [-0.1, -0.05) is 18.0 Å². The van der Waals surface area contributed by atoms with Crippen LogP contribution in [-0.2, 0) is 5.41 Å². The van der Waals surface area contributed by atoms with Crippen molar-refractivity contribution in [2.45, 2.75) is 24.7 Å². The van der Waals surface area contributed by atoms with Crippen molar-refractivity contribution >= 4 is 11.6 Å². The molecule has 1 aliphatic carbocycles. The van der Waals surface area contributed by atoms with Gasteiger partial charge in [0.25, 0.3) is 0 Å². The maximum Gasteiger partial charge on any atom is 0.183 e. The number of ether oxygens (including phenoxy) is 2. The topological polar surface area (TPSA) is 64.7 Å². The molecule has 0 aliphatic heterocycles. The van der Waals surface area contributed by atoms with Gasteiger partial charge in [-0.3, -0.25) is 0 Å². The summed E-state index contributed by atoms with van der Waals surface area (Å²) >= 11 is 6.13. The zero-order valence-corrected chi connectivity index (χ0v) is 11.4. The first kappa shape index (κ1) is 13.3. The van der Waals surface area contributed by atoms with Crippen LogP contribution >= 0.6 is 11.6 Å². The molecule has 0 heterocycles. The molecule has 0 unspecified atom stereocenters. The molecule has 0 saturated heterocycles. The zero-order valence-electron chi connectivity index (χ0n) is 10.6. The Bertz CT molecular complexity index is 453. The Labute approximate surface area is 112 Å². The highest BCUT2D eigenvalue weighted by Gasteiger charge is 2.41. The van der Waals surface area contributed by atoms with Gasteiger partial charge >= 0.3 is 0 Å². The molecule has 0 spiro atoms. The predicted molar refractivity (Wildman–Crippen MR) is 70.8 cm³/mol. The van der Waals surface area contributed by atoms with Crippen molar-refractivity contribution in [3.05, 3.63) is 16.7 Å². The van der Waals surface area contributed by atoms with Gasteiger partial charge in [-0.05, 0) is 18.9 Å². The number of phenols is 1. The van der Waals surface area contributed by atoms with Gasteiger partial charge in [-0.25, -0.2) is 0 Å². The third-order valence-corrected chi connectivity index (χ3v) is 4.21. The number of rotatable bonds is 4. The van der Waals surface area contributed by atoms with Crippen LogP contribution in [0.5, 0.6) is 17.2 Å². The second-order valence-electron chi connectivity index (χ2n) is 4.66. The smallest absolute Gasteiger partial charge is 0.183 e. The van der Waals surface area contributed by atoms with Gasteiger partial charge < -0.3 is 20.3 Å². The van der Waals surface area contributed by atoms with Crippen LogP contribution in [0, 0.1) is 0 Å². The van der Waals surface area contributed by atoms with E-state index in [9.17, 15) is 5.11 Å². The van der Waals surface area contributed by atoms with E-state index in [2.05, 4.69) is 0 Å². The van der Waals surface area contributed by atoms with Gasteiger partial charge in [0, 0.05) is 17.5 Å². The minimum Gasteiger partial charge on any atom is -0.506 e. The van der Waals surface area contributed by atoms with E-state index >= 15 is 0 Å². The largest absolute Gasteiger partial charge is 0.506 e. The van der Waals surface area contributed by atoms with Gasteiger partial charge in [-0.15, -0.1) is 0 Å². The highest BCUT2D eigenvalue weighted by molar-refractivity contribution is 6.34. The fourth-order valence-corrected chi connectivity index (χ4v) is 2.80. The van der Waals surface area contributed by atoms with Crippen LogP contribution in [0.25, 0.3) is 0 Å². The molecule has 1 fully saturated rings. The Morgan fingerprint density at radius 3 is 2.44 bits per heavy atom. The van der Waals surface area contributed by atoms with E-state index in [-0.39, 0.29) is 16.2 Å². The van der Waals surface area contributed by atoms with Gasteiger partial charge in [0.1, 0.15) is 10.8 Å².